The minimum atomic E-state index is -0.798. The van der Waals surface area contributed by atoms with Crippen LogP contribution in [0.4, 0.5) is 0 Å². The van der Waals surface area contributed by atoms with Crippen LogP contribution in [0.1, 0.15) is 42.5 Å². The maximum absolute atomic E-state index is 13.5. The lowest BCUT2D eigenvalue weighted by Gasteiger charge is -2.32. The van der Waals surface area contributed by atoms with E-state index in [0.29, 0.717) is 22.9 Å². The van der Waals surface area contributed by atoms with Gasteiger partial charge in [0.05, 0.1) is 7.11 Å². The Kier molecular flexibility index (Phi) is 9.37. The Balaban J connectivity index is 1.91. The number of hydrogen-bond donors (Lipinski definition) is 1. The molecule has 3 aromatic rings. The van der Waals surface area contributed by atoms with Crippen molar-refractivity contribution in [3.63, 3.8) is 0 Å². The van der Waals surface area contributed by atoms with Crippen molar-refractivity contribution in [1.82, 2.24) is 10.2 Å². The van der Waals surface area contributed by atoms with Gasteiger partial charge in [0.2, 0.25) is 11.8 Å². The van der Waals surface area contributed by atoms with Gasteiger partial charge in [0, 0.05) is 29.6 Å². The first-order valence-corrected chi connectivity index (χ1v) is 11.9. The van der Waals surface area contributed by atoms with Crippen LogP contribution in [-0.4, -0.2) is 23.8 Å². The second-order valence-electron chi connectivity index (χ2n) is 7.89. The quantitative estimate of drug-likeness (QED) is 0.362. The zero-order chi connectivity index (χ0) is 24.5. The van der Waals surface area contributed by atoms with Gasteiger partial charge >= 0.3 is 0 Å². The van der Waals surface area contributed by atoms with E-state index in [4.69, 9.17) is 27.9 Å². The Labute approximate surface area is 210 Å². The molecule has 0 unspecified atom stereocenters. The van der Waals surface area contributed by atoms with E-state index in [1.165, 1.54) is 0 Å². The predicted octanol–water partition coefficient (Wildman–Crippen LogP) is 6.19. The van der Waals surface area contributed by atoms with Crippen LogP contribution < -0.4 is 10.1 Å². The molecule has 3 rings (SSSR count). The summed E-state index contributed by atoms with van der Waals surface area (Å²) in [7, 11) is 1.61. The molecule has 0 spiro atoms. The second-order valence-corrected chi connectivity index (χ2v) is 8.73. The summed E-state index contributed by atoms with van der Waals surface area (Å²) < 4.78 is 5.24. The molecule has 0 fully saturated rings. The predicted molar refractivity (Wildman–Crippen MR) is 136 cm³/mol. The van der Waals surface area contributed by atoms with Gasteiger partial charge in [-0.2, -0.15) is 0 Å². The molecule has 34 heavy (non-hydrogen) atoms. The number of amides is 2. The van der Waals surface area contributed by atoms with E-state index in [2.05, 4.69) is 5.32 Å². The SMILES string of the molecule is CCCC(=O)N(Cc1ccc(OC)cc1)[C@@H](C(=O)NCc1ccc(Cl)cc1Cl)c1ccccc1. The summed E-state index contributed by atoms with van der Waals surface area (Å²) in [5, 5.41) is 3.96. The molecular formula is C27H28Cl2N2O3. The number of halogens is 2. The van der Waals surface area contributed by atoms with Crippen LogP contribution in [-0.2, 0) is 22.7 Å². The van der Waals surface area contributed by atoms with Crippen molar-refractivity contribution in [1.29, 1.82) is 0 Å². The van der Waals surface area contributed by atoms with Gasteiger partial charge in [-0.15, -0.1) is 0 Å². The minimum Gasteiger partial charge on any atom is -0.497 e. The molecule has 1 atom stereocenters. The molecule has 0 aliphatic carbocycles. The van der Waals surface area contributed by atoms with Gasteiger partial charge < -0.3 is 15.0 Å². The third kappa shape index (κ3) is 6.75. The average molecular weight is 499 g/mol. The maximum atomic E-state index is 13.5. The molecule has 0 aromatic heterocycles. The Bertz CT molecular complexity index is 1100. The van der Waals surface area contributed by atoms with Gasteiger partial charge in [-0.1, -0.05) is 78.7 Å². The van der Waals surface area contributed by atoms with Crippen molar-refractivity contribution in [2.45, 2.75) is 38.9 Å². The van der Waals surface area contributed by atoms with E-state index in [9.17, 15) is 9.59 Å². The lowest BCUT2D eigenvalue weighted by molar-refractivity contribution is -0.141. The molecule has 3 aromatic carbocycles. The lowest BCUT2D eigenvalue weighted by atomic mass is 10.0. The second kappa shape index (κ2) is 12.4. The number of hydrogen-bond acceptors (Lipinski definition) is 3. The van der Waals surface area contributed by atoms with Gasteiger partial charge in [-0.3, -0.25) is 9.59 Å². The number of carbonyl (C=O) groups excluding carboxylic acids is 2. The van der Waals surface area contributed by atoms with Gasteiger partial charge in [-0.25, -0.2) is 0 Å². The van der Waals surface area contributed by atoms with Gasteiger partial charge in [0.1, 0.15) is 11.8 Å². The van der Waals surface area contributed by atoms with Crippen LogP contribution in [0.5, 0.6) is 5.75 Å². The summed E-state index contributed by atoms with van der Waals surface area (Å²) in [6, 6.07) is 21.2. The number of benzene rings is 3. The molecule has 0 saturated carbocycles. The highest BCUT2D eigenvalue weighted by molar-refractivity contribution is 6.35. The first-order valence-electron chi connectivity index (χ1n) is 11.1. The van der Waals surface area contributed by atoms with Crippen LogP contribution in [0, 0.1) is 0 Å². The Hall–Kier alpha value is -3.02. The topological polar surface area (TPSA) is 58.6 Å². The van der Waals surface area contributed by atoms with Crippen LogP contribution >= 0.6 is 23.2 Å². The summed E-state index contributed by atoms with van der Waals surface area (Å²) in [6.45, 7) is 2.46. The highest BCUT2D eigenvalue weighted by atomic mass is 35.5. The van der Waals surface area contributed by atoms with Crippen molar-refractivity contribution in [2.75, 3.05) is 7.11 Å². The van der Waals surface area contributed by atoms with Crippen molar-refractivity contribution in [2.24, 2.45) is 0 Å². The summed E-state index contributed by atoms with van der Waals surface area (Å²) in [6.07, 6.45) is 1.03. The molecule has 0 heterocycles. The fourth-order valence-electron chi connectivity index (χ4n) is 3.66. The number of carbonyl (C=O) groups is 2. The minimum absolute atomic E-state index is 0.0909. The van der Waals surface area contributed by atoms with E-state index in [-0.39, 0.29) is 24.9 Å². The van der Waals surface area contributed by atoms with E-state index in [1.807, 2.05) is 61.5 Å². The van der Waals surface area contributed by atoms with Crippen molar-refractivity contribution < 1.29 is 14.3 Å². The third-order valence-electron chi connectivity index (χ3n) is 5.44. The van der Waals surface area contributed by atoms with Crippen LogP contribution in [0.3, 0.4) is 0 Å². The molecular weight excluding hydrogens is 471 g/mol. The first-order chi connectivity index (χ1) is 16.4. The summed E-state index contributed by atoms with van der Waals surface area (Å²) in [5.41, 5.74) is 2.38. The summed E-state index contributed by atoms with van der Waals surface area (Å²) in [5.74, 6) is 0.356. The molecule has 0 bridgehead atoms. The van der Waals surface area contributed by atoms with E-state index >= 15 is 0 Å². The first kappa shape index (κ1) is 25.6. The van der Waals surface area contributed by atoms with E-state index in [1.54, 1.807) is 30.2 Å². The largest absolute Gasteiger partial charge is 0.497 e. The van der Waals surface area contributed by atoms with Crippen LogP contribution in [0.15, 0.2) is 72.8 Å². The monoisotopic (exact) mass is 498 g/mol. The molecule has 0 saturated heterocycles. The fourth-order valence-corrected chi connectivity index (χ4v) is 4.14. The average Bonchev–Trinajstić information content (AvgIpc) is 2.84. The number of ether oxygens (including phenoxy) is 1. The highest BCUT2D eigenvalue weighted by Gasteiger charge is 2.31. The molecule has 5 nitrogen and oxygen atoms in total. The Morgan fingerprint density at radius 1 is 1.00 bits per heavy atom. The number of methoxy groups -OCH3 is 1. The Morgan fingerprint density at radius 2 is 1.71 bits per heavy atom. The summed E-state index contributed by atoms with van der Waals surface area (Å²) in [4.78, 5) is 28.4. The van der Waals surface area contributed by atoms with Gasteiger partial charge in [0.25, 0.3) is 0 Å². The molecule has 0 aliphatic rings. The van der Waals surface area contributed by atoms with Gasteiger partial charge in [-0.05, 0) is 47.4 Å². The Morgan fingerprint density at radius 3 is 2.32 bits per heavy atom. The van der Waals surface area contributed by atoms with E-state index in [0.717, 1.165) is 22.4 Å². The number of rotatable bonds is 10. The van der Waals surface area contributed by atoms with Crippen LogP contribution in [0.2, 0.25) is 10.0 Å². The fraction of sp³-hybridized carbons (Fsp3) is 0.259. The maximum Gasteiger partial charge on any atom is 0.247 e. The van der Waals surface area contributed by atoms with Crippen molar-refractivity contribution >= 4 is 35.0 Å². The summed E-state index contributed by atoms with van der Waals surface area (Å²) >= 11 is 12.3. The molecule has 0 aliphatic heterocycles. The number of nitrogens with one attached hydrogen (secondary N) is 1. The zero-order valence-electron chi connectivity index (χ0n) is 19.3. The normalized spacial score (nSPS) is 11.5. The molecule has 2 amide bonds. The zero-order valence-corrected chi connectivity index (χ0v) is 20.8. The smallest absolute Gasteiger partial charge is 0.247 e. The van der Waals surface area contributed by atoms with E-state index < -0.39 is 6.04 Å². The highest BCUT2D eigenvalue weighted by Crippen LogP contribution is 2.26. The molecule has 178 valence electrons. The van der Waals surface area contributed by atoms with Crippen molar-refractivity contribution in [3.8, 4) is 5.75 Å². The van der Waals surface area contributed by atoms with Crippen LogP contribution in [0.25, 0.3) is 0 Å². The third-order valence-corrected chi connectivity index (χ3v) is 6.03. The standard InChI is InChI=1S/C27H28Cl2N2O3/c1-3-7-25(32)31(18-19-10-14-23(34-2)15-11-19)26(20-8-5-4-6-9-20)27(33)30-17-21-12-13-22(28)16-24(21)29/h4-6,8-16,26H,3,7,17-18H2,1-2H3,(H,30,33)/t26-/m1/s1. The molecule has 1 N–H and O–H groups in total. The van der Waals surface area contributed by atoms with Gasteiger partial charge in [0.15, 0.2) is 0 Å². The molecule has 0 radical (unpaired) electrons. The molecule has 7 heteroatoms. The van der Waals surface area contributed by atoms with Crippen molar-refractivity contribution in [3.05, 3.63) is 99.5 Å². The lowest BCUT2D eigenvalue weighted by Crippen LogP contribution is -2.43. The number of nitrogens with zero attached hydrogens (tertiary/aromatic N) is 1.